The third-order valence-electron chi connectivity index (χ3n) is 3.55. The zero-order chi connectivity index (χ0) is 18.1. The fourth-order valence-electron chi connectivity index (χ4n) is 2.31. The molecule has 2 amide bonds. The molecular weight excluding hydrogens is 316 g/mol. The highest BCUT2D eigenvalue weighted by atomic mass is 16.2. The van der Waals surface area contributed by atoms with Crippen LogP contribution in [0.4, 0.5) is 17.1 Å². The molecule has 0 fully saturated rings. The second kappa shape index (κ2) is 9.42. The Kier molecular flexibility index (Phi) is 6.95. The Morgan fingerprint density at radius 3 is 2.40 bits per heavy atom. The van der Waals surface area contributed by atoms with Gasteiger partial charge in [-0.25, -0.2) is 0 Å². The number of unbranched alkanes of at least 4 members (excludes halogenated alkanes) is 2. The zero-order valence-electron chi connectivity index (χ0n) is 14.6. The van der Waals surface area contributed by atoms with Gasteiger partial charge in [-0.2, -0.15) is 0 Å². The van der Waals surface area contributed by atoms with E-state index in [1.54, 1.807) is 18.3 Å². The van der Waals surface area contributed by atoms with Crippen molar-refractivity contribution in [3.05, 3.63) is 48.3 Å². The molecule has 0 saturated carbocycles. The first-order valence-electron chi connectivity index (χ1n) is 8.47. The van der Waals surface area contributed by atoms with Crippen molar-refractivity contribution in [1.82, 2.24) is 10.3 Å². The molecule has 1 aromatic heterocycles. The molecule has 0 saturated heterocycles. The van der Waals surface area contributed by atoms with Crippen molar-refractivity contribution in [2.75, 3.05) is 17.2 Å². The van der Waals surface area contributed by atoms with Gasteiger partial charge in [-0.1, -0.05) is 19.8 Å². The number of nitrogens with zero attached hydrogens (tertiary/aromatic N) is 1. The van der Waals surface area contributed by atoms with E-state index in [2.05, 4.69) is 27.9 Å². The number of hydrogen-bond donors (Lipinski definition) is 3. The van der Waals surface area contributed by atoms with Crippen LogP contribution in [0.5, 0.6) is 0 Å². The van der Waals surface area contributed by atoms with Crippen molar-refractivity contribution >= 4 is 28.9 Å². The summed E-state index contributed by atoms with van der Waals surface area (Å²) >= 11 is 0. The van der Waals surface area contributed by atoms with E-state index in [0.717, 1.165) is 36.3 Å². The number of pyridine rings is 1. The van der Waals surface area contributed by atoms with Gasteiger partial charge < -0.3 is 16.0 Å². The Bertz CT molecular complexity index is 714. The summed E-state index contributed by atoms with van der Waals surface area (Å²) in [7, 11) is 0. The molecule has 0 radical (unpaired) electrons. The summed E-state index contributed by atoms with van der Waals surface area (Å²) in [5.41, 5.74) is 2.76. The van der Waals surface area contributed by atoms with E-state index in [-0.39, 0.29) is 11.8 Å². The molecule has 0 aliphatic carbocycles. The lowest BCUT2D eigenvalue weighted by Gasteiger charge is -2.09. The van der Waals surface area contributed by atoms with Crippen LogP contribution < -0.4 is 16.0 Å². The predicted molar refractivity (Wildman–Crippen MR) is 100 cm³/mol. The SMILES string of the molecule is CCCCCNC(=O)c1cc(Nc2ccc(NC(C)=O)cc2)ccn1. The van der Waals surface area contributed by atoms with Gasteiger partial charge in [0, 0.05) is 36.7 Å². The molecule has 0 spiro atoms. The van der Waals surface area contributed by atoms with Crippen LogP contribution in [-0.2, 0) is 4.79 Å². The molecule has 6 nitrogen and oxygen atoms in total. The maximum atomic E-state index is 12.1. The zero-order valence-corrected chi connectivity index (χ0v) is 14.6. The van der Waals surface area contributed by atoms with Crippen molar-refractivity contribution < 1.29 is 9.59 Å². The van der Waals surface area contributed by atoms with Crippen LogP contribution in [0, 0.1) is 0 Å². The maximum Gasteiger partial charge on any atom is 0.269 e. The second-order valence-electron chi connectivity index (χ2n) is 5.78. The Labute approximate surface area is 148 Å². The molecule has 0 aliphatic heterocycles. The lowest BCUT2D eigenvalue weighted by atomic mass is 10.2. The van der Waals surface area contributed by atoms with Gasteiger partial charge in [0.2, 0.25) is 5.91 Å². The van der Waals surface area contributed by atoms with E-state index < -0.39 is 0 Å². The standard InChI is InChI=1S/C19H24N4O2/c1-3-4-5-11-21-19(25)18-13-17(10-12-20-18)23-16-8-6-15(7-9-16)22-14(2)24/h6-10,12-13H,3-5,11H2,1-2H3,(H,20,23)(H,21,25)(H,22,24). The van der Waals surface area contributed by atoms with Crippen LogP contribution in [0.25, 0.3) is 0 Å². The molecule has 0 unspecified atom stereocenters. The maximum absolute atomic E-state index is 12.1. The molecule has 2 rings (SSSR count). The number of aromatic nitrogens is 1. The van der Waals surface area contributed by atoms with E-state index >= 15 is 0 Å². The van der Waals surface area contributed by atoms with E-state index in [4.69, 9.17) is 0 Å². The molecule has 25 heavy (non-hydrogen) atoms. The summed E-state index contributed by atoms with van der Waals surface area (Å²) in [6, 6.07) is 10.9. The van der Waals surface area contributed by atoms with E-state index in [1.165, 1.54) is 6.92 Å². The lowest BCUT2D eigenvalue weighted by molar-refractivity contribution is -0.114. The summed E-state index contributed by atoms with van der Waals surface area (Å²) in [4.78, 5) is 27.3. The predicted octanol–water partition coefficient (Wildman–Crippen LogP) is 3.70. The van der Waals surface area contributed by atoms with Gasteiger partial charge in [0.25, 0.3) is 5.91 Å². The van der Waals surface area contributed by atoms with Crippen molar-refractivity contribution in [2.45, 2.75) is 33.1 Å². The normalized spacial score (nSPS) is 10.2. The Hall–Kier alpha value is -2.89. The topological polar surface area (TPSA) is 83.1 Å². The number of hydrogen-bond acceptors (Lipinski definition) is 4. The highest BCUT2D eigenvalue weighted by molar-refractivity contribution is 5.93. The Morgan fingerprint density at radius 2 is 1.72 bits per heavy atom. The van der Waals surface area contributed by atoms with E-state index in [1.807, 2.05) is 24.3 Å². The average Bonchev–Trinajstić information content (AvgIpc) is 2.60. The lowest BCUT2D eigenvalue weighted by Crippen LogP contribution is -2.25. The van der Waals surface area contributed by atoms with Crippen LogP contribution in [0.3, 0.4) is 0 Å². The summed E-state index contributed by atoms with van der Waals surface area (Å²) < 4.78 is 0. The number of nitrogens with one attached hydrogen (secondary N) is 3. The van der Waals surface area contributed by atoms with Crippen molar-refractivity contribution in [1.29, 1.82) is 0 Å². The average molecular weight is 340 g/mol. The first-order valence-corrected chi connectivity index (χ1v) is 8.47. The van der Waals surface area contributed by atoms with Crippen molar-refractivity contribution in [3.8, 4) is 0 Å². The molecule has 1 heterocycles. The highest BCUT2D eigenvalue weighted by Crippen LogP contribution is 2.19. The van der Waals surface area contributed by atoms with Crippen LogP contribution in [0.2, 0.25) is 0 Å². The molecule has 3 N–H and O–H groups in total. The number of anilines is 3. The minimum atomic E-state index is -0.166. The first kappa shape index (κ1) is 18.4. The number of benzene rings is 1. The number of carbonyl (C=O) groups is 2. The number of carbonyl (C=O) groups excluding carboxylic acids is 2. The van der Waals surface area contributed by atoms with Gasteiger partial charge in [0.05, 0.1) is 0 Å². The van der Waals surface area contributed by atoms with E-state index in [9.17, 15) is 9.59 Å². The Balaban J connectivity index is 1.96. The molecule has 2 aromatic rings. The largest absolute Gasteiger partial charge is 0.355 e. The van der Waals surface area contributed by atoms with Gasteiger partial charge >= 0.3 is 0 Å². The van der Waals surface area contributed by atoms with Crippen LogP contribution in [-0.4, -0.2) is 23.3 Å². The fourth-order valence-corrected chi connectivity index (χ4v) is 2.31. The first-order chi connectivity index (χ1) is 12.1. The minimum Gasteiger partial charge on any atom is -0.355 e. The second-order valence-corrected chi connectivity index (χ2v) is 5.78. The fraction of sp³-hybridized carbons (Fsp3) is 0.316. The molecule has 0 aliphatic rings. The molecule has 1 aromatic carbocycles. The highest BCUT2D eigenvalue weighted by Gasteiger charge is 2.07. The number of rotatable bonds is 8. The van der Waals surface area contributed by atoms with Gasteiger partial charge in [-0.15, -0.1) is 0 Å². The third kappa shape index (κ3) is 6.25. The quantitative estimate of drug-likeness (QED) is 0.640. The van der Waals surface area contributed by atoms with Gasteiger partial charge in [-0.3, -0.25) is 14.6 Å². The van der Waals surface area contributed by atoms with Gasteiger partial charge in [0.15, 0.2) is 0 Å². The summed E-state index contributed by atoms with van der Waals surface area (Å²) in [5.74, 6) is -0.273. The van der Waals surface area contributed by atoms with Crippen molar-refractivity contribution in [2.24, 2.45) is 0 Å². The molecule has 132 valence electrons. The van der Waals surface area contributed by atoms with Crippen molar-refractivity contribution in [3.63, 3.8) is 0 Å². The molecule has 0 atom stereocenters. The van der Waals surface area contributed by atoms with Gasteiger partial charge in [0.1, 0.15) is 5.69 Å². The minimum absolute atomic E-state index is 0.107. The number of amides is 2. The summed E-state index contributed by atoms with van der Waals surface area (Å²) in [6.45, 7) is 4.26. The van der Waals surface area contributed by atoms with Crippen LogP contribution >= 0.6 is 0 Å². The molecule has 6 heteroatoms. The molecular formula is C19H24N4O2. The molecule has 0 bridgehead atoms. The summed E-state index contributed by atoms with van der Waals surface area (Å²) in [6.07, 6.45) is 4.80. The van der Waals surface area contributed by atoms with Gasteiger partial charge in [-0.05, 0) is 42.8 Å². The Morgan fingerprint density at radius 1 is 1.00 bits per heavy atom. The monoisotopic (exact) mass is 340 g/mol. The third-order valence-corrected chi connectivity index (χ3v) is 3.55. The van der Waals surface area contributed by atoms with E-state index in [0.29, 0.717) is 12.2 Å². The van der Waals surface area contributed by atoms with Crippen LogP contribution in [0.1, 0.15) is 43.6 Å². The smallest absolute Gasteiger partial charge is 0.269 e. The van der Waals surface area contributed by atoms with Crippen LogP contribution in [0.15, 0.2) is 42.6 Å². The summed E-state index contributed by atoms with van der Waals surface area (Å²) in [5, 5.41) is 8.82.